The molecular weight excluding hydrogens is 264 g/mol. The summed E-state index contributed by atoms with van der Waals surface area (Å²) in [6.45, 7) is 5.05. The number of methoxy groups -OCH3 is 1. The van der Waals surface area contributed by atoms with Crippen LogP contribution in [-0.2, 0) is 11.3 Å². The van der Waals surface area contributed by atoms with Crippen molar-refractivity contribution in [1.29, 1.82) is 0 Å². The van der Waals surface area contributed by atoms with Gasteiger partial charge in [0.25, 0.3) is 0 Å². The highest BCUT2D eigenvalue weighted by molar-refractivity contribution is 5.82. The molecule has 0 fully saturated rings. The van der Waals surface area contributed by atoms with E-state index in [1.807, 2.05) is 24.3 Å². The summed E-state index contributed by atoms with van der Waals surface area (Å²) < 4.78 is 5.31. The number of para-hydroxylation sites is 1. The summed E-state index contributed by atoms with van der Waals surface area (Å²) in [4.78, 5) is 12.6. The van der Waals surface area contributed by atoms with E-state index in [2.05, 4.69) is 19.2 Å². The number of carbonyl (C=O) groups excluding carboxylic acids is 1. The summed E-state index contributed by atoms with van der Waals surface area (Å²) in [5.41, 5.74) is 6.46. The number of hydrogen-bond donors (Lipinski definition) is 2. The molecule has 0 bridgehead atoms. The Morgan fingerprint density at radius 2 is 1.86 bits per heavy atom. The summed E-state index contributed by atoms with van der Waals surface area (Å²) in [6.07, 6.45) is 3.57. The molecule has 0 spiro atoms. The fourth-order valence-electron chi connectivity index (χ4n) is 2.82. The van der Waals surface area contributed by atoms with Gasteiger partial charge in [0.2, 0.25) is 5.91 Å². The third kappa shape index (κ3) is 4.46. The number of benzene rings is 1. The summed E-state index contributed by atoms with van der Waals surface area (Å²) >= 11 is 0. The molecule has 21 heavy (non-hydrogen) atoms. The highest BCUT2D eigenvalue weighted by Gasteiger charge is 2.35. The van der Waals surface area contributed by atoms with Gasteiger partial charge >= 0.3 is 0 Å². The first-order valence-electron chi connectivity index (χ1n) is 7.73. The average Bonchev–Trinajstić information content (AvgIpc) is 2.52. The predicted octanol–water partition coefficient (Wildman–Crippen LogP) is 2.86. The predicted molar refractivity (Wildman–Crippen MR) is 86.1 cm³/mol. The van der Waals surface area contributed by atoms with Crippen LogP contribution in [0.2, 0.25) is 0 Å². The molecule has 0 radical (unpaired) electrons. The molecule has 3 N–H and O–H groups in total. The topological polar surface area (TPSA) is 64.4 Å². The smallest absolute Gasteiger partial charge is 0.227 e. The van der Waals surface area contributed by atoms with Gasteiger partial charge in [-0.3, -0.25) is 4.79 Å². The second-order valence-corrected chi connectivity index (χ2v) is 5.48. The number of carbonyl (C=O) groups is 1. The molecule has 0 aliphatic rings. The molecule has 118 valence electrons. The van der Waals surface area contributed by atoms with Crippen LogP contribution in [0.25, 0.3) is 0 Å². The van der Waals surface area contributed by atoms with Crippen LogP contribution in [0.4, 0.5) is 0 Å². The Labute approximate surface area is 128 Å². The molecule has 0 saturated carbocycles. The molecule has 1 aromatic carbocycles. The standard InChI is InChI=1S/C17H28N2O2/c1-4-10-17(13-18,11-5-2)16(20)19-12-14-8-6-7-9-15(14)21-3/h6-9H,4-5,10-13,18H2,1-3H3,(H,19,20). The summed E-state index contributed by atoms with van der Waals surface area (Å²) in [7, 11) is 1.64. The normalized spacial score (nSPS) is 11.2. The third-order valence-electron chi connectivity index (χ3n) is 3.96. The average molecular weight is 292 g/mol. The van der Waals surface area contributed by atoms with Crippen molar-refractivity contribution in [2.45, 2.75) is 46.1 Å². The minimum absolute atomic E-state index is 0.0552. The molecule has 0 unspecified atom stereocenters. The van der Waals surface area contributed by atoms with E-state index in [9.17, 15) is 4.79 Å². The summed E-state index contributed by atoms with van der Waals surface area (Å²) in [5.74, 6) is 0.849. The van der Waals surface area contributed by atoms with Crippen molar-refractivity contribution in [3.05, 3.63) is 29.8 Å². The van der Waals surface area contributed by atoms with Crippen LogP contribution in [0.3, 0.4) is 0 Å². The van der Waals surface area contributed by atoms with Gasteiger partial charge in [-0.1, -0.05) is 44.9 Å². The first-order valence-corrected chi connectivity index (χ1v) is 7.73. The first-order chi connectivity index (χ1) is 10.1. The zero-order valence-corrected chi connectivity index (χ0v) is 13.4. The molecule has 0 aliphatic heterocycles. The maximum Gasteiger partial charge on any atom is 0.227 e. The Balaban J connectivity index is 2.77. The van der Waals surface area contributed by atoms with Gasteiger partial charge in [-0.2, -0.15) is 0 Å². The summed E-state index contributed by atoms with van der Waals surface area (Å²) in [6, 6.07) is 7.72. The number of nitrogens with two attached hydrogens (primary N) is 1. The number of ether oxygens (including phenoxy) is 1. The fourth-order valence-corrected chi connectivity index (χ4v) is 2.82. The van der Waals surface area contributed by atoms with Crippen LogP contribution in [0.15, 0.2) is 24.3 Å². The number of rotatable bonds is 9. The minimum Gasteiger partial charge on any atom is -0.496 e. The van der Waals surface area contributed by atoms with E-state index in [0.29, 0.717) is 13.1 Å². The van der Waals surface area contributed by atoms with Crippen molar-refractivity contribution in [2.24, 2.45) is 11.1 Å². The lowest BCUT2D eigenvalue weighted by Crippen LogP contribution is -2.45. The van der Waals surface area contributed by atoms with E-state index in [4.69, 9.17) is 10.5 Å². The van der Waals surface area contributed by atoms with Gasteiger partial charge < -0.3 is 15.8 Å². The van der Waals surface area contributed by atoms with Gasteiger partial charge in [0.15, 0.2) is 0 Å². The molecule has 1 rings (SSSR count). The van der Waals surface area contributed by atoms with E-state index in [1.165, 1.54) is 0 Å². The summed E-state index contributed by atoms with van der Waals surface area (Å²) in [5, 5.41) is 3.04. The first kappa shape index (κ1) is 17.5. The number of nitrogens with one attached hydrogen (secondary N) is 1. The molecule has 0 aliphatic carbocycles. The zero-order chi connectivity index (χ0) is 15.7. The van der Waals surface area contributed by atoms with Gasteiger partial charge in [-0.25, -0.2) is 0 Å². The third-order valence-corrected chi connectivity index (χ3v) is 3.96. The number of hydrogen-bond acceptors (Lipinski definition) is 3. The second kappa shape index (κ2) is 8.67. The van der Waals surface area contributed by atoms with Crippen LogP contribution in [-0.4, -0.2) is 19.6 Å². The minimum atomic E-state index is -0.439. The zero-order valence-electron chi connectivity index (χ0n) is 13.4. The van der Waals surface area contributed by atoms with Crippen molar-refractivity contribution in [3.8, 4) is 5.75 Å². The number of amides is 1. The van der Waals surface area contributed by atoms with E-state index in [0.717, 1.165) is 37.0 Å². The van der Waals surface area contributed by atoms with Crippen LogP contribution in [0.1, 0.15) is 45.1 Å². The maximum atomic E-state index is 12.6. The van der Waals surface area contributed by atoms with E-state index >= 15 is 0 Å². The molecule has 4 nitrogen and oxygen atoms in total. The quantitative estimate of drug-likeness (QED) is 0.735. The Morgan fingerprint density at radius 3 is 2.38 bits per heavy atom. The van der Waals surface area contributed by atoms with E-state index in [-0.39, 0.29) is 5.91 Å². The van der Waals surface area contributed by atoms with Crippen molar-refractivity contribution in [2.75, 3.05) is 13.7 Å². The molecule has 1 amide bonds. The van der Waals surface area contributed by atoms with Crippen molar-refractivity contribution in [3.63, 3.8) is 0 Å². The van der Waals surface area contributed by atoms with Gasteiger partial charge in [-0.05, 0) is 18.9 Å². The lowest BCUT2D eigenvalue weighted by molar-refractivity contribution is -0.131. The molecule has 0 atom stereocenters. The molecule has 4 heteroatoms. The lowest BCUT2D eigenvalue weighted by Gasteiger charge is -2.30. The van der Waals surface area contributed by atoms with E-state index in [1.54, 1.807) is 7.11 Å². The molecule has 0 heterocycles. The largest absolute Gasteiger partial charge is 0.496 e. The van der Waals surface area contributed by atoms with Gasteiger partial charge in [-0.15, -0.1) is 0 Å². The maximum absolute atomic E-state index is 12.6. The Hall–Kier alpha value is -1.55. The second-order valence-electron chi connectivity index (χ2n) is 5.48. The molecule has 1 aromatic rings. The van der Waals surface area contributed by atoms with Crippen LogP contribution < -0.4 is 15.8 Å². The van der Waals surface area contributed by atoms with Gasteiger partial charge in [0.05, 0.1) is 12.5 Å². The highest BCUT2D eigenvalue weighted by Crippen LogP contribution is 2.29. The molecule has 0 saturated heterocycles. The monoisotopic (exact) mass is 292 g/mol. The van der Waals surface area contributed by atoms with Crippen LogP contribution in [0.5, 0.6) is 5.75 Å². The Bertz CT molecular complexity index is 440. The van der Waals surface area contributed by atoms with Crippen molar-refractivity contribution in [1.82, 2.24) is 5.32 Å². The SMILES string of the molecule is CCCC(CN)(CCC)C(=O)NCc1ccccc1OC. The van der Waals surface area contributed by atoms with Crippen molar-refractivity contribution >= 4 is 5.91 Å². The lowest BCUT2D eigenvalue weighted by atomic mass is 9.78. The van der Waals surface area contributed by atoms with Crippen LogP contribution in [0, 0.1) is 5.41 Å². The van der Waals surface area contributed by atoms with Gasteiger partial charge in [0.1, 0.15) is 5.75 Å². The Morgan fingerprint density at radius 1 is 1.24 bits per heavy atom. The van der Waals surface area contributed by atoms with Crippen molar-refractivity contribution < 1.29 is 9.53 Å². The van der Waals surface area contributed by atoms with Gasteiger partial charge in [0, 0.05) is 18.7 Å². The molecule has 0 aromatic heterocycles. The van der Waals surface area contributed by atoms with E-state index < -0.39 is 5.41 Å². The molecular formula is C17H28N2O2. The fraction of sp³-hybridized carbons (Fsp3) is 0.588. The highest BCUT2D eigenvalue weighted by atomic mass is 16.5. The Kier molecular flexibility index (Phi) is 7.23. The van der Waals surface area contributed by atoms with Crippen LogP contribution >= 0.6 is 0 Å².